The van der Waals surface area contributed by atoms with E-state index in [1.54, 1.807) is 0 Å². The zero-order valence-electron chi connectivity index (χ0n) is 22.9. The summed E-state index contributed by atoms with van der Waals surface area (Å²) in [6, 6.07) is 0. The lowest BCUT2D eigenvalue weighted by Gasteiger charge is -2.27. The molecule has 2 unspecified atom stereocenters. The van der Waals surface area contributed by atoms with E-state index in [0.717, 1.165) is 11.0 Å². The van der Waals surface area contributed by atoms with Gasteiger partial charge in [0.25, 0.3) is 0 Å². The van der Waals surface area contributed by atoms with E-state index in [0.29, 0.717) is 30.8 Å². The van der Waals surface area contributed by atoms with Crippen molar-refractivity contribution in [1.29, 1.82) is 0 Å². The van der Waals surface area contributed by atoms with Crippen LogP contribution < -0.4 is 0 Å². The maximum atomic E-state index is 12.1. The fourth-order valence-corrected chi connectivity index (χ4v) is 4.52. The first-order valence-corrected chi connectivity index (χ1v) is 16.6. The lowest BCUT2D eigenvalue weighted by atomic mass is 10.1. The molecule has 35 heavy (non-hydrogen) atoms. The van der Waals surface area contributed by atoms with Crippen LogP contribution in [-0.4, -0.2) is 73.7 Å². The maximum absolute atomic E-state index is 12.1. The molecule has 0 bridgehead atoms. The molecular weight excluding hydrogens is 580 g/mol. The number of allylic oxidation sites excluding steroid dienone is 1. The third kappa shape index (κ3) is 24.5. The first-order chi connectivity index (χ1) is 16.8. The van der Waals surface area contributed by atoms with Crippen molar-refractivity contribution in [2.24, 2.45) is 0 Å². The van der Waals surface area contributed by atoms with Crippen LogP contribution in [0.2, 0.25) is 0 Å². The van der Waals surface area contributed by atoms with Crippen molar-refractivity contribution in [1.82, 2.24) is 0 Å². The summed E-state index contributed by atoms with van der Waals surface area (Å²) < 4.78 is 35.1. The van der Waals surface area contributed by atoms with Gasteiger partial charge in [-0.25, -0.2) is 4.57 Å². The summed E-state index contributed by atoms with van der Waals surface area (Å²) in [5, 5.41) is 0. The smallest absolute Gasteiger partial charge is 0.375 e. The Morgan fingerprint density at radius 3 is 2.06 bits per heavy atom. The van der Waals surface area contributed by atoms with Gasteiger partial charge in [0, 0.05) is 6.61 Å². The molecule has 0 rings (SSSR count). The molecule has 0 aromatic carbocycles. The van der Waals surface area contributed by atoms with Crippen molar-refractivity contribution in [3.63, 3.8) is 0 Å². The highest BCUT2D eigenvalue weighted by Crippen LogP contribution is 2.43. The highest BCUT2D eigenvalue weighted by atomic mass is 127. The normalized spacial score (nSPS) is 15.0. The average Bonchev–Trinajstić information content (AvgIpc) is 2.82. The van der Waals surface area contributed by atoms with Crippen molar-refractivity contribution in [2.45, 2.75) is 97.0 Å². The second kappa shape index (κ2) is 23.6. The first-order valence-electron chi connectivity index (χ1n) is 13.6. The van der Waals surface area contributed by atoms with Gasteiger partial charge in [0.2, 0.25) is 0 Å². The van der Waals surface area contributed by atoms with Gasteiger partial charge in [-0.3, -0.25) is 9.05 Å². The van der Waals surface area contributed by atoms with Gasteiger partial charge in [-0.2, -0.15) is 0 Å². The zero-order chi connectivity index (χ0) is 26.3. The van der Waals surface area contributed by atoms with Gasteiger partial charge in [-0.1, -0.05) is 83.3 Å². The molecule has 2 atom stereocenters. The highest BCUT2D eigenvalue weighted by Gasteiger charge is 2.25. The third-order valence-corrected chi connectivity index (χ3v) is 8.59. The van der Waals surface area contributed by atoms with E-state index in [1.165, 1.54) is 70.6 Å². The minimum absolute atomic E-state index is 0.0470. The molecule has 0 saturated heterocycles. The number of rotatable bonds is 26. The van der Waals surface area contributed by atoms with Crippen LogP contribution in [0.25, 0.3) is 0 Å². The van der Waals surface area contributed by atoms with Crippen LogP contribution in [0.5, 0.6) is 0 Å². The van der Waals surface area contributed by atoms with Gasteiger partial charge < -0.3 is 18.9 Å². The molecule has 0 fully saturated rings. The number of hydrogen-bond acceptors (Lipinski definition) is 5. The summed E-state index contributed by atoms with van der Waals surface area (Å²) in [7, 11) is -0.0335. The lowest BCUT2D eigenvalue weighted by molar-refractivity contribution is -0.874. The number of unbranched alkanes of at least 4 members (excludes halogenated alkanes) is 11. The van der Waals surface area contributed by atoms with E-state index in [2.05, 4.69) is 35.6 Å². The second-order valence-electron chi connectivity index (χ2n) is 9.79. The van der Waals surface area contributed by atoms with Crippen molar-refractivity contribution in [2.75, 3.05) is 58.2 Å². The van der Waals surface area contributed by atoms with E-state index in [9.17, 15) is 9.46 Å². The largest absolute Gasteiger partial charge is 0.472 e. The Bertz CT molecular complexity index is 550. The summed E-state index contributed by atoms with van der Waals surface area (Å²) in [5.74, 6) is 0. The molecule has 0 aromatic rings. The fraction of sp³-hybridized carbons (Fsp3) is 0.923. The van der Waals surface area contributed by atoms with Gasteiger partial charge in [0.05, 0.1) is 33.9 Å². The molecule has 0 saturated carbocycles. The summed E-state index contributed by atoms with van der Waals surface area (Å²) in [6.45, 7) is 6.15. The molecule has 0 heterocycles. The van der Waals surface area contributed by atoms with Gasteiger partial charge in [0.1, 0.15) is 23.8 Å². The Labute approximate surface area is 229 Å². The molecule has 0 radical (unpaired) electrons. The molecule has 7 nitrogen and oxygen atoms in total. The molecule has 0 aliphatic heterocycles. The van der Waals surface area contributed by atoms with Gasteiger partial charge >= 0.3 is 7.82 Å². The monoisotopic (exact) mass is 634 g/mol. The molecule has 0 aliphatic carbocycles. The number of phosphoric ester groups is 1. The highest BCUT2D eigenvalue weighted by molar-refractivity contribution is 14.1. The molecule has 0 spiro atoms. The van der Waals surface area contributed by atoms with Crippen LogP contribution in [0.4, 0.5) is 0 Å². The van der Waals surface area contributed by atoms with E-state index < -0.39 is 13.9 Å². The van der Waals surface area contributed by atoms with Crippen molar-refractivity contribution in [3.8, 4) is 0 Å². The molecule has 0 amide bonds. The number of likely N-dealkylation sites (N-methyl/N-ethyl adjacent to an activating group) is 1. The van der Waals surface area contributed by atoms with Crippen LogP contribution >= 0.6 is 30.4 Å². The zero-order valence-corrected chi connectivity index (χ0v) is 26.0. The molecule has 0 aromatic heterocycles. The van der Waals surface area contributed by atoms with Crippen molar-refractivity contribution >= 4 is 30.4 Å². The fourth-order valence-electron chi connectivity index (χ4n) is 3.44. The SMILES string of the molecule is CCCCCCCCCCCCC/C=C/COCC(COP(=O)(O)OCC[N+](C)(C)CI)OCC. The Morgan fingerprint density at radius 2 is 1.49 bits per heavy atom. The maximum Gasteiger partial charge on any atom is 0.472 e. The number of phosphoric acid groups is 1. The minimum Gasteiger partial charge on any atom is -0.375 e. The van der Waals surface area contributed by atoms with Gasteiger partial charge in [-0.05, 0) is 42.4 Å². The summed E-state index contributed by atoms with van der Waals surface area (Å²) in [4.78, 5) is 9.91. The Balaban J connectivity index is 3.80. The van der Waals surface area contributed by atoms with Crippen LogP contribution in [0, 0.1) is 0 Å². The lowest BCUT2D eigenvalue weighted by Crippen LogP contribution is -2.40. The van der Waals surface area contributed by atoms with E-state index in [4.69, 9.17) is 18.5 Å². The van der Waals surface area contributed by atoms with E-state index in [1.807, 2.05) is 27.1 Å². The van der Waals surface area contributed by atoms with E-state index in [-0.39, 0.29) is 13.2 Å². The Kier molecular flexibility index (Phi) is 23.9. The summed E-state index contributed by atoms with van der Waals surface area (Å²) in [6.07, 6.45) is 19.8. The second-order valence-corrected chi connectivity index (χ2v) is 11.9. The molecule has 9 heteroatoms. The Hall–Kier alpha value is 0.460. The number of halogens is 1. The van der Waals surface area contributed by atoms with E-state index >= 15 is 0 Å². The number of hydrogen-bond donors (Lipinski definition) is 1. The van der Waals surface area contributed by atoms with Crippen LogP contribution in [-0.2, 0) is 23.1 Å². The van der Waals surface area contributed by atoms with Gasteiger partial charge in [0.15, 0.2) is 0 Å². The standard InChI is InChI=1S/C26H53INO6P/c1-5-7-8-9-10-11-12-13-14-15-16-17-18-19-21-31-23-26(32-6-2)24-34-35(29,30)33-22-20-28(3,4)25-27/h18-19,26H,5-17,20-25H2,1-4H3/p+1/b19-18+. The number of quaternary nitrogens is 1. The first kappa shape index (κ1) is 35.5. The third-order valence-electron chi connectivity index (χ3n) is 5.76. The van der Waals surface area contributed by atoms with Crippen molar-refractivity contribution in [3.05, 3.63) is 12.2 Å². The molecule has 1 N–H and O–H groups in total. The predicted molar refractivity (Wildman–Crippen MR) is 154 cm³/mol. The quantitative estimate of drug-likeness (QED) is 0.0205. The number of alkyl halides is 1. The molecular formula is C26H54INO6P+. The Morgan fingerprint density at radius 1 is 0.886 bits per heavy atom. The topological polar surface area (TPSA) is 74.2 Å². The number of ether oxygens (including phenoxy) is 2. The molecule has 210 valence electrons. The minimum atomic E-state index is -4.10. The average molecular weight is 635 g/mol. The summed E-state index contributed by atoms with van der Waals surface area (Å²) >= 11 is 2.28. The predicted octanol–water partition coefficient (Wildman–Crippen LogP) is 7.27. The van der Waals surface area contributed by atoms with Crippen LogP contribution in [0.3, 0.4) is 0 Å². The number of nitrogens with zero attached hydrogens (tertiary/aromatic N) is 1. The van der Waals surface area contributed by atoms with Crippen LogP contribution in [0.15, 0.2) is 12.2 Å². The van der Waals surface area contributed by atoms with Gasteiger partial charge in [-0.15, -0.1) is 0 Å². The molecule has 0 aliphatic rings. The van der Waals surface area contributed by atoms with Crippen LogP contribution in [0.1, 0.15) is 90.9 Å². The summed E-state index contributed by atoms with van der Waals surface area (Å²) in [5.41, 5.74) is 0. The van der Waals surface area contributed by atoms with Crippen molar-refractivity contribution < 1.29 is 32.5 Å².